The second-order valence-corrected chi connectivity index (χ2v) is 13.7. The minimum atomic E-state index is -1.99. The lowest BCUT2D eigenvalue weighted by molar-refractivity contribution is -0.172. The van der Waals surface area contributed by atoms with E-state index in [4.69, 9.17) is 4.43 Å². The summed E-state index contributed by atoms with van der Waals surface area (Å²) >= 11 is 0.734. The molecule has 8 heteroatoms. The molecular weight excluding hydrogens is 334 g/mol. The molecule has 6 nitrogen and oxygen atoms in total. The quantitative estimate of drug-likeness (QED) is 0.612. The van der Waals surface area contributed by atoms with Crippen molar-refractivity contribution in [3.05, 3.63) is 0 Å². The number of hydrogen-bond acceptors (Lipinski definition) is 5. The first-order chi connectivity index (χ1) is 10.4. The summed E-state index contributed by atoms with van der Waals surface area (Å²) in [5, 5.41) is 8.02. The Labute approximate surface area is 142 Å². The predicted molar refractivity (Wildman–Crippen MR) is 90.5 cm³/mol. The number of hydrogen-bond donors (Lipinski definition) is 1. The van der Waals surface area contributed by atoms with Crippen molar-refractivity contribution in [2.24, 2.45) is 11.8 Å². The van der Waals surface area contributed by atoms with Gasteiger partial charge >= 0.3 is 5.97 Å². The second kappa shape index (κ2) is 5.89. The Hall–Kier alpha value is -0.863. The van der Waals surface area contributed by atoms with E-state index in [1.165, 1.54) is 4.90 Å². The molecule has 2 fully saturated rings. The van der Waals surface area contributed by atoms with Gasteiger partial charge < -0.3 is 14.4 Å². The van der Waals surface area contributed by atoms with Gasteiger partial charge in [-0.25, -0.2) is 4.79 Å². The van der Waals surface area contributed by atoms with Gasteiger partial charge in [-0.1, -0.05) is 39.5 Å². The van der Waals surface area contributed by atoms with Crippen LogP contribution in [-0.4, -0.2) is 53.3 Å². The minimum absolute atomic E-state index is 0.0347. The number of carbonyl (C=O) groups is 3. The maximum absolute atomic E-state index is 12.4. The average molecular weight is 360 g/mol. The molecule has 0 saturated carbocycles. The Morgan fingerprint density at radius 1 is 1.35 bits per heavy atom. The van der Waals surface area contributed by atoms with Crippen molar-refractivity contribution in [3.8, 4) is 0 Å². The first-order valence-corrected chi connectivity index (χ1v) is 11.6. The van der Waals surface area contributed by atoms with Crippen LogP contribution in [0.3, 0.4) is 0 Å². The third kappa shape index (κ3) is 3.08. The summed E-state index contributed by atoms with van der Waals surface area (Å²) in [5.41, 5.74) is 0. The Morgan fingerprint density at radius 3 is 2.39 bits per heavy atom. The van der Waals surface area contributed by atoms with Crippen LogP contribution in [0.2, 0.25) is 18.1 Å². The fourth-order valence-corrected chi connectivity index (χ4v) is 4.79. The summed E-state index contributed by atoms with van der Waals surface area (Å²) in [6.45, 7) is 12.6. The number of thioether (sulfide) groups is 1. The van der Waals surface area contributed by atoms with Crippen molar-refractivity contribution < 1.29 is 23.9 Å². The Balaban J connectivity index is 2.12. The van der Waals surface area contributed by atoms with E-state index < -0.39 is 25.6 Å². The molecule has 2 aliphatic heterocycles. The summed E-state index contributed by atoms with van der Waals surface area (Å²) in [4.78, 5) is 37.1. The number of carbonyl (C=O) groups excluding carboxylic acids is 2. The summed E-state index contributed by atoms with van der Waals surface area (Å²) in [6, 6.07) is -0.359. The second-order valence-electron chi connectivity index (χ2n) is 7.83. The lowest BCUT2D eigenvalue weighted by atomic mass is 9.80. The first-order valence-electron chi connectivity index (χ1n) is 7.78. The smallest absolute Gasteiger partial charge is 0.337 e. The molecule has 0 spiro atoms. The third-order valence-corrected chi connectivity index (χ3v) is 11.1. The van der Waals surface area contributed by atoms with Crippen molar-refractivity contribution in [1.29, 1.82) is 0 Å². The molecule has 0 aromatic heterocycles. The SMILES string of the molecule is C[C@H]1C(=O)S[C@H](C(=O)O)N2C(=O)[C@H](CO[Si](C)(C)C(C)(C)C)[C@@H]12. The van der Waals surface area contributed by atoms with Crippen LogP contribution in [0.5, 0.6) is 0 Å². The van der Waals surface area contributed by atoms with Gasteiger partial charge in [0.25, 0.3) is 0 Å². The molecular formula is C15H25NO5SSi. The largest absolute Gasteiger partial charge is 0.479 e. The summed E-state index contributed by atoms with van der Waals surface area (Å²) < 4.78 is 6.12. The highest BCUT2D eigenvalue weighted by atomic mass is 32.2. The highest BCUT2D eigenvalue weighted by Crippen LogP contribution is 2.45. The lowest BCUT2D eigenvalue weighted by Crippen LogP contribution is -2.71. The van der Waals surface area contributed by atoms with Crippen LogP contribution in [-0.2, 0) is 18.8 Å². The number of carboxylic acid groups (broad SMARTS) is 1. The number of β-lactam (4-membered cyclic amide) rings is 1. The van der Waals surface area contributed by atoms with Gasteiger partial charge in [-0.3, -0.25) is 9.59 Å². The maximum atomic E-state index is 12.4. The first kappa shape index (κ1) is 18.5. The molecule has 0 aromatic carbocycles. The lowest BCUT2D eigenvalue weighted by Gasteiger charge is -2.54. The van der Waals surface area contributed by atoms with E-state index in [9.17, 15) is 19.5 Å². The fraction of sp³-hybridized carbons (Fsp3) is 0.800. The normalized spacial score (nSPS) is 31.7. The monoisotopic (exact) mass is 359 g/mol. The molecule has 1 amide bonds. The van der Waals surface area contributed by atoms with E-state index in [0.717, 1.165) is 11.8 Å². The topological polar surface area (TPSA) is 83.9 Å². The zero-order valence-electron chi connectivity index (χ0n) is 14.5. The number of aliphatic carboxylic acids is 1. The number of nitrogens with zero attached hydrogens (tertiary/aromatic N) is 1. The van der Waals surface area contributed by atoms with Crippen LogP contribution in [0.1, 0.15) is 27.7 Å². The highest BCUT2D eigenvalue weighted by Gasteiger charge is 2.59. The van der Waals surface area contributed by atoms with Crippen LogP contribution in [0.25, 0.3) is 0 Å². The Bertz CT molecular complexity index is 544. The number of carboxylic acids is 1. The van der Waals surface area contributed by atoms with E-state index >= 15 is 0 Å². The van der Waals surface area contributed by atoms with Gasteiger partial charge in [-0.2, -0.15) is 0 Å². The molecule has 0 aliphatic carbocycles. The Morgan fingerprint density at radius 2 is 1.91 bits per heavy atom. The third-order valence-electron chi connectivity index (χ3n) is 5.31. The van der Waals surface area contributed by atoms with Gasteiger partial charge in [0.05, 0.1) is 12.0 Å². The van der Waals surface area contributed by atoms with Crippen LogP contribution in [0.15, 0.2) is 0 Å². The highest BCUT2D eigenvalue weighted by molar-refractivity contribution is 8.14. The van der Waals surface area contributed by atoms with Gasteiger partial charge in [-0.05, 0) is 18.1 Å². The molecule has 0 unspecified atom stereocenters. The molecule has 2 saturated heterocycles. The summed E-state index contributed by atoms with van der Waals surface area (Å²) in [7, 11) is -1.99. The van der Waals surface area contributed by atoms with Crippen molar-refractivity contribution in [2.75, 3.05) is 6.61 Å². The molecule has 0 radical (unpaired) electrons. The van der Waals surface area contributed by atoms with Gasteiger partial charge in [-0.15, -0.1) is 0 Å². The van der Waals surface area contributed by atoms with Crippen molar-refractivity contribution >= 4 is 37.1 Å². The summed E-state index contributed by atoms with van der Waals surface area (Å²) in [5.74, 6) is -2.13. The van der Waals surface area contributed by atoms with Gasteiger partial charge in [0.15, 0.2) is 18.8 Å². The standard InChI is InChI=1S/C15H25NO5SSi/c1-8-10-9(7-21-23(5,6)15(2,3)4)11(17)16(10)12(13(18)19)22-14(8)20/h8-10,12H,7H2,1-6H3,(H,18,19)/t8-,9-,10-,12-/m1/s1. The van der Waals surface area contributed by atoms with Gasteiger partial charge in [0.2, 0.25) is 5.91 Å². The van der Waals surface area contributed by atoms with Crippen molar-refractivity contribution in [3.63, 3.8) is 0 Å². The zero-order chi connectivity index (χ0) is 17.7. The number of rotatable bonds is 4. The molecule has 2 rings (SSSR count). The van der Waals surface area contributed by atoms with Crippen LogP contribution < -0.4 is 0 Å². The maximum Gasteiger partial charge on any atom is 0.337 e. The minimum Gasteiger partial charge on any atom is -0.479 e. The molecule has 23 heavy (non-hydrogen) atoms. The van der Waals surface area contributed by atoms with E-state index in [0.29, 0.717) is 0 Å². The van der Waals surface area contributed by atoms with E-state index in [1.54, 1.807) is 6.92 Å². The molecule has 2 heterocycles. The van der Waals surface area contributed by atoms with Crippen molar-refractivity contribution in [2.45, 2.75) is 57.2 Å². The van der Waals surface area contributed by atoms with Crippen LogP contribution in [0.4, 0.5) is 0 Å². The molecule has 130 valence electrons. The van der Waals surface area contributed by atoms with Gasteiger partial charge in [0.1, 0.15) is 0 Å². The Kier molecular flexibility index (Phi) is 4.73. The molecule has 4 atom stereocenters. The zero-order valence-corrected chi connectivity index (χ0v) is 16.3. The van der Waals surface area contributed by atoms with E-state index in [1.807, 2.05) is 0 Å². The molecule has 1 N–H and O–H groups in total. The average Bonchev–Trinajstić information content (AvgIpc) is 2.40. The molecule has 0 aromatic rings. The number of fused-ring (bicyclic) bond motifs is 1. The molecule has 2 aliphatic rings. The molecule has 0 bridgehead atoms. The summed E-state index contributed by atoms with van der Waals surface area (Å²) in [6.07, 6.45) is 0. The van der Waals surface area contributed by atoms with Crippen LogP contribution >= 0.6 is 11.8 Å². The van der Waals surface area contributed by atoms with Gasteiger partial charge in [0, 0.05) is 12.5 Å². The number of amides is 1. The van der Waals surface area contributed by atoms with Crippen molar-refractivity contribution in [1.82, 2.24) is 4.90 Å². The van der Waals surface area contributed by atoms with Crippen LogP contribution in [0, 0.1) is 11.8 Å². The predicted octanol–water partition coefficient (Wildman–Crippen LogP) is 2.16. The van der Waals surface area contributed by atoms with E-state index in [2.05, 4.69) is 33.9 Å². The fourth-order valence-electron chi connectivity index (χ4n) is 2.72. The van der Waals surface area contributed by atoms with E-state index in [-0.39, 0.29) is 34.6 Å².